The molecular weight excluding hydrogens is 186 g/mol. The van der Waals surface area contributed by atoms with Crippen LogP contribution in [0.2, 0.25) is 0 Å². The molecule has 0 fully saturated rings. The van der Waals surface area contributed by atoms with Crippen LogP contribution < -0.4 is 5.73 Å². The van der Waals surface area contributed by atoms with Gasteiger partial charge < -0.3 is 5.73 Å². The van der Waals surface area contributed by atoms with Gasteiger partial charge in [-0.1, -0.05) is 19.9 Å². The quantitative estimate of drug-likeness (QED) is 0.805. The number of anilines is 1. The van der Waals surface area contributed by atoms with Gasteiger partial charge in [-0.3, -0.25) is 4.90 Å². The highest BCUT2D eigenvalue weighted by molar-refractivity contribution is 5.38. The zero-order valence-corrected chi connectivity index (χ0v) is 9.90. The summed E-state index contributed by atoms with van der Waals surface area (Å²) in [6.45, 7) is 8.57. The Morgan fingerprint density at radius 2 is 2.20 bits per heavy atom. The number of nitrogens with two attached hydrogens (primary N) is 1. The first-order chi connectivity index (χ1) is 7.19. The Hall–Kier alpha value is -1.09. The predicted octanol–water partition coefficient (Wildman–Crippen LogP) is 2.28. The third-order valence-electron chi connectivity index (χ3n) is 2.92. The number of rotatable bonds is 5. The third-order valence-corrected chi connectivity index (χ3v) is 2.92. The maximum atomic E-state index is 5.83. The van der Waals surface area contributed by atoms with Crippen molar-refractivity contribution in [3.8, 4) is 0 Å². The Morgan fingerprint density at radius 1 is 1.47 bits per heavy atom. The Balaban J connectivity index is 2.71. The van der Waals surface area contributed by atoms with Crippen molar-refractivity contribution in [2.45, 2.75) is 39.8 Å². The highest BCUT2D eigenvalue weighted by atomic mass is 15.1. The van der Waals surface area contributed by atoms with E-state index in [1.807, 2.05) is 12.1 Å². The fraction of sp³-hybridized carbons (Fsp3) is 0.583. The molecule has 15 heavy (non-hydrogen) atoms. The minimum absolute atomic E-state index is 0.592. The minimum Gasteiger partial charge on any atom is -0.383 e. The van der Waals surface area contributed by atoms with Crippen LogP contribution in [0.5, 0.6) is 0 Å². The van der Waals surface area contributed by atoms with E-state index in [0.717, 1.165) is 25.1 Å². The molecule has 1 unspecified atom stereocenters. The number of aromatic nitrogens is 1. The highest BCUT2D eigenvalue weighted by Gasteiger charge is 2.11. The predicted molar refractivity (Wildman–Crippen MR) is 64.5 cm³/mol. The Bertz CT molecular complexity index is 299. The molecule has 0 radical (unpaired) electrons. The van der Waals surface area contributed by atoms with E-state index in [2.05, 4.69) is 30.7 Å². The molecule has 1 atom stereocenters. The van der Waals surface area contributed by atoms with Gasteiger partial charge in [0.05, 0.1) is 0 Å². The van der Waals surface area contributed by atoms with Gasteiger partial charge in [0, 0.05) is 24.3 Å². The van der Waals surface area contributed by atoms with Gasteiger partial charge in [-0.15, -0.1) is 0 Å². The Labute approximate surface area is 92.3 Å². The molecule has 0 saturated heterocycles. The molecule has 0 aliphatic heterocycles. The molecule has 3 heteroatoms. The molecule has 1 heterocycles. The lowest BCUT2D eigenvalue weighted by Crippen LogP contribution is -2.32. The van der Waals surface area contributed by atoms with Crippen molar-refractivity contribution in [2.24, 2.45) is 0 Å². The Kier molecular flexibility index (Phi) is 4.56. The number of nitrogen functional groups attached to an aromatic ring is 1. The summed E-state index contributed by atoms with van der Waals surface area (Å²) in [5.74, 6) is 0.652. The van der Waals surface area contributed by atoms with Crippen molar-refractivity contribution in [1.29, 1.82) is 0 Å². The van der Waals surface area contributed by atoms with E-state index in [9.17, 15) is 0 Å². The molecule has 2 N–H and O–H groups in total. The van der Waals surface area contributed by atoms with Crippen molar-refractivity contribution in [2.75, 3.05) is 12.3 Å². The van der Waals surface area contributed by atoms with Crippen LogP contribution in [0.25, 0.3) is 0 Å². The lowest BCUT2D eigenvalue weighted by atomic mass is 10.1. The monoisotopic (exact) mass is 207 g/mol. The largest absolute Gasteiger partial charge is 0.383 e. The first-order valence-electron chi connectivity index (χ1n) is 5.62. The average molecular weight is 207 g/mol. The lowest BCUT2D eigenvalue weighted by Gasteiger charge is -2.27. The second-order valence-electron chi connectivity index (χ2n) is 3.87. The van der Waals surface area contributed by atoms with Crippen LogP contribution in [0.15, 0.2) is 18.3 Å². The molecule has 1 aromatic rings. The van der Waals surface area contributed by atoms with E-state index in [0.29, 0.717) is 11.9 Å². The zero-order valence-electron chi connectivity index (χ0n) is 9.90. The van der Waals surface area contributed by atoms with Gasteiger partial charge in [0.2, 0.25) is 0 Å². The van der Waals surface area contributed by atoms with E-state index in [1.165, 1.54) is 0 Å². The molecule has 0 aliphatic rings. The summed E-state index contributed by atoms with van der Waals surface area (Å²) in [5, 5.41) is 0. The highest BCUT2D eigenvalue weighted by Crippen LogP contribution is 2.13. The minimum atomic E-state index is 0.592. The lowest BCUT2D eigenvalue weighted by molar-refractivity contribution is 0.206. The molecule has 0 saturated carbocycles. The van der Waals surface area contributed by atoms with Crippen LogP contribution >= 0.6 is 0 Å². The third kappa shape index (κ3) is 3.20. The zero-order chi connectivity index (χ0) is 11.3. The molecule has 0 aliphatic carbocycles. The summed E-state index contributed by atoms with van der Waals surface area (Å²) in [5.41, 5.74) is 6.95. The van der Waals surface area contributed by atoms with Gasteiger partial charge in [0.1, 0.15) is 5.82 Å². The number of pyridine rings is 1. The first kappa shape index (κ1) is 12.0. The smallest absolute Gasteiger partial charge is 0.127 e. The summed E-state index contributed by atoms with van der Waals surface area (Å²) in [6.07, 6.45) is 2.90. The van der Waals surface area contributed by atoms with Crippen LogP contribution in [-0.2, 0) is 6.54 Å². The second-order valence-corrected chi connectivity index (χ2v) is 3.87. The molecule has 0 bridgehead atoms. The summed E-state index contributed by atoms with van der Waals surface area (Å²) < 4.78 is 0. The fourth-order valence-corrected chi connectivity index (χ4v) is 1.64. The maximum Gasteiger partial charge on any atom is 0.127 e. The van der Waals surface area contributed by atoms with Crippen LogP contribution in [0.1, 0.15) is 32.8 Å². The standard InChI is InChI=1S/C12H21N3/c1-4-10(3)15(5-2)9-11-7-6-8-14-12(11)13/h6-8,10H,4-5,9H2,1-3H3,(H2,13,14). The van der Waals surface area contributed by atoms with Gasteiger partial charge in [-0.2, -0.15) is 0 Å². The van der Waals surface area contributed by atoms with Crippen LogP contribution in [-0.4, -0.2) is 22.5 Å². The van der Waals surface area contributed by atoms with Gasteiger partial charge >= 0.3 is 0 Å². The van der Waals surface area contributed by atoms with E-state index in [4.69, 9.17) is 5.73 Å². The van der Waals surface area contributed by atoms with Crippen molar-refractivity contribution in [1.82, 2.24) is 9.88 Å². The van der Waals surface area contributed by atoms with E-state index < -0.39 is 0 Å². The maximum absolute atomic E-state index is 5.83. The van der Waals surface area contributed by atoms with E-state index >= 15 is 0 Å². The summed E-state index contributed by atoms with van der Waals surface area (Å²) in [4.78, 5) is 6.51. The molecular formula is C12H21N3. The van der Waals surface area contributed by atoms with Gasteiger partial charge in [-0.25, -0.2) is 4.98 Å². The second kappa shape index (κ2) is 5.71. The van der Waals surface area contributed by atoms with Gasteiger partial charge in [0.25, 0.3) is 0 Å². The average Bonchev–Trinajstić information content (AvgIpc) is 2.27. The molecule has 0 spiro atoms. The molecule has 1 aromatic heterocycles. The summed E-state index contributed by atoms with van der Waals surface area (Å²) in [7, 11) is 0. The van der Waals surface area contributed by atoms with Crippen LogP contribution in [0.3, 0.4) is 0 Å². The van der Waals surface area contributed by atoms with E-state index in [1.54, 1.807) is 6.20 Å². The van der Waals surface area contributed by atoms with Crippen LogP contribution in [0, 0.1) is 0 Å². The fourth-order valence-electron chi connectivity index (χ4n) is 1.64. The molecule has 1 rings (SSSR count). The molecule has 0 aromatic carbocycles. The van der Waals surface area contributed by atoms with Crippen molar-refractivity contribution in [3.05, 3.63) is 23.9 Å². The van der Waals surface area contributed by atoms with Crippen molar-refractivity contribution < 1.29 is 0 Å². The van der Waals surface area contributed by atoms with Gasteiger partial charge in [0.15, 0.2) is 0 Å². The number of hydrogen-bond donors (Lipinski definition) is 1. The number of hydrogen-bond acceptors (Lipinski definition) is 3. The topological polar surface area (TPSA) is 42.2 Å². The first-order valence-corrected chi connectivity index (χ1v) is 5.62. The normalized spacial score (nSPS) is 13.1. The molecule has 84 valence electrons. The summed E-state index contributed by atoms with van der Waals surface area (Å²) in [6, 6.07) is 4.58. The molecule has 0 amide bonds. The van der Waals surface area contributed by atoms with Crippen LogP contribution in [0.4, 0.5) is 5.82 Å². The van der Waals surface area contributed by atoms with Gasteiger partial charge in [-0.05, 0) is 26.0 Å². The van der Waals surface area contributed by atoms with Crippen molar-refractivity contribution in [3.63, 3.8) is 0 Å². The Morgan fingerprint density at radius 3 is 2.73 bits per heavy atom. The SMILES string of the molecule is CCC(C)N(CC)Cc1cccnc1N. The van der Waals surface area contributed by atoms with Crippen molar-refractivity contribution >= 4 is 5.82 Å². The summed E-state index contributed by atoms with van der Waals surface area (Å²) >= 11 is 0. The molecule has 3 nitrogen and oxygen atoms in total. The number of nitrogens with zero attached hydrogens (tertiary/aromatic N) is 2. The van der Waals surface area contributed by atoms with E-state index in [-0.39, 0.29) is 0 Å².